The molecule has 0 spiro atoms. The van der Waals surface area contributed by atoms with Gasteiger partial charge in [-0.3, -0.25) is 4.79 Å². The van der Waals surface area contributed by atoms with Crippen LogP contribution >= 0.6 is 34.8 Å². The highest BCUT2D eigenvalue weighted by Crippen LogP contribution is 2.30. The number of alkyl halides is 1. The fourth-order valence-corrected chi connectivity index (χ4v) is 2.26. The lowest BCUT2D eigenvalue weighted by Gasteiger charge is -1.97. The van der Waals surface area contributed by atoms with Gasteiger partial charge in [-0.15, -0.1) is 11.6 Å². The van der Waals surface area contributed by atoms with Gasteiger partial charge in [-0.1, -0.05) is 23.2 Å². The molecule has 0 amide bonds. The van der Waals surface area contributed by atoms with Crippen molar-refractivity contribution in [2.45, 2.75) is 0 Å². The van der Waals surface area contributed by atoms with Gasteiger partial charge in [0, 0.05) is 27.7 Å². The number of nitrogens with one attached hydrogen (secondary N) is 1. The summed E-state index contributed by atoms with van der Waals surface area (Å²) in [5.41, 5.74) is 1.67. The summed E-state index contributed by atoms with van der Waals surface area (Å²) in [5, 5.41) is 1.96. The molecule has 88 valence electrons. The van der Waals surface area contributed by atoms with Crippen molar-refractivity contribution in [2.24, 2.45) is 0 Å². The second-order valence-corrected chi connectivity index (χ2v) is 4.60. The highest BCUT2D eigenvalue weighted by Gasteiger charge is 2.07. The average Bonchev–Trinajstić information content (AvgIpc) is 2.69. The van der Waals surface area contributed by atoms with Crippen molar-refractivity contribution in [3.63, 3.8) is 0 Å². The zero-order valence-corrected chi connectivity index (χ0v) is 10.9. The molecule has 0 saturated carbocycles. The van der Waals surface area contributed by atoms with Crippen molar-refractivity contribution in [1.29, 1.82) is 0 Å². The smallest absolute Gasteiger partial charge is 0.170 e. The van der Waals surface area contributed by atoms with Crippen LogP contribution < -0.4 is 0 Å². The Balaban J connectivity index is 2.49. The second-order valence-electron chi connectivity index (χ2n) is 3.49. The number of halogens is 3. The van der Waals surface area contributed by atoms with Gasteiger partial charge in [-0.25, -0.2) is 0 Å². The predicted octanol–water partition coefficient (Wildman–Crippen LogP) is 4.30. The maximum Gasteiger partial charge on any atom is 0.170 e. The number of rotatable bonds is 3. The maximum atomic E-state index is 11.1. The summed E-state index contributed by atoms with van der Waals surface area (Å²) >= 11 is 17.4. The fourth-order valence-electron chi connectivity index (χ4n) is 1.57. The zero-order valence-electron chi connectivity index (χ0n) is 8.64. The standard InChI is InChI=1S/C12H8Cl3NO/c13-5-9(17)2-1-7-6-16-11-4-8(14)3-10(15)12(7)11/h1-4,6,16H,5H2/b2-1+. The van der Waals surface area contributed by atoms with E-state index >= 15 is 0 Å². The van der Waals surface area contributed by atoms with Crippen LogP contribution in [0.15, 0.2) is 24.4 Å². The van der Waals surface area contributed by atoms with Crippen LogP contribution in [0.1, 0.15) is 5.56 Å². The van der Waals surface area contributed by atoms with E-state index in [0.29, 0.717) is 10.0 Å². The Morgan fingerprint density at radius 3 is 2.82 bits per heavy atom. The first-order valence-electron chi connectivity index (χ1n) is 4.85. The number of H-pyrrole nitrogens is 1. The third-order valence-electron chi connectivity index (χ3n) is 2.31. The van der Waals surface area contributed by atoms with Crippen molar-refractivity contribution >= 4 is 57.6 Å². The van der Waals surface area contributed by atoms with Crippen molar-refractivity contribution in [3.05, 3.63) is 40.0 Å². The first-order valence-corrected chi connectivity index (χ1v) is 6.14. The van der Waals surface area contributed by atoms with E-state index in [2.05, 4.69) is 4.98 Å². The van der Waals surface area contributed by atoms with Gasteiger partial charge < -0.3 is 4.98 Å². The van der Waals surface area contributed by atoms with Gasteiger partial charge in [-0.05, 0) is 24.3 Å². The molecule has 1 heterocycles. The van der Waals surface area contributed by atoms with Crippen LogP contribution in [-0.2, 0) is 4.79 Å². The van der Waals surface area contributed by atoms with Crippen LogP contribution in [0.2, 0.25) is 10.0 Å². The van der Waals surface area contributed by atoms with Crippen molar-refractivity contribution in [2.75, 3.05) is 5.88 Å². The van der Waals surface area contributed by atoms with E-state index in [1.807, 2.05) is 0 Å². The van der Waals surface area contributed by atoms with Gasteiger partial charge >= 0.3 is 0 Å². The summed E-state index contributed by atoms with van der Waals surface area (Å²) < 4.78 is 0. The summed E-state index contributed by atoms with van der Waals surface area (Å²) in [7, 11) is 0. The Labute approximate surface area is 113 Å². The van der Waals surface area contributed by atoms with E-state index in [1.165, 1.54) is 6.08 Å². The second kappa shape index (κ2) is 5.13. The number of aromatic nitrogens is 1. The fraction of sp³-hybridized carbons (Fsp3) is 0.0833. The van der Waals surface area contributed by atoms with Gasteiger partial charge in [0.1, 0.15) is 0 Å². The zero-order chi connectivity index (χ0) is 12.4. The third-order valence-corrected chi connectivity index (χ3v) is 3.09. The quantitative estimate of drug-likeness (QED) is 0.663. The molecule has 0 radical (unpaired) electrons. The molecule has 0 unspecified atom stereocenters. The minimum atomic E-state index is -0.147. The highest BCUT2D eigenvalue weighted by molar-refractivity contribution is 6.39. The van der Waals surface area contributed by atoms with Gasteiger partial charge in [-0.2, -0.15) is 0 Å². The van der Waals surface area contributed by atoms with Crippen LogP contribution in [0.4, 0.5) is 0 Å². The van der Waals surface area contributed by atoms with Gasteiger partial charge in [0.2, 0.25) is 0 Å². The molecule has 0 aliphatic rings. The minimum Gasteiger partial charge on any atom is -0.360 e. The number of hydrogen-bond acceptors (Lipinski definition) is 1. The lowest BCUT2D eigenvalue weighted by atomic mass is 10.1. The van der Waals surface area contributed by atoms with E-state index in [0.717, 1.165) is 16.5 Å². The van der Waals surface area contributed by atoms with E-state index in [1.54, 1.807) is 24.4 Å². The van der Waals surface area contributed by atoms with Crippen LogP contribution in [0.5, 0.6) is 0 Å². The minimum absolute atomic E-state index is 0.0293. The molecule has 1 aromatic heterocycles. The summed E-state index contributed by atoms with van der Waals surface area (Å²) in [6.07, 6.45) is 4.88. The van der Waals surface area contributed by atoms with Crippen molar-refractivity contribution in [3.8, 4) is 0 Å². The van der Waals surface area contributed by atoms with E-state index in [9.17, 15) is 4.79 Å². The monoisotopic (exact) mass is 287 g/mol. The molecule has 2 nitrogen and oxygen atoms in total. The molecule has 0 bridgehead atoms. The van der Waals surface area contributed by atoms with Crippen LogP contribution in [-0.4, -0.2) is 16.6 Å². The molecular weight excluding hydrogens is 280 g/mol. The number of carbonyl (C=O) groups excluding carboxylic acids is 1. The number of fused-ring (bicyclic) bond motifs is 1. The summed E-state index contributed by atoms with van der Waals surface area (Å²) in [6, 6.07) is 3.45. The molecular formula is C12H8Cl3NO. The highest BCUT2D eigenvalue weighted by atomic mass is 35.5. The summed E-state index contributed by atoms with van der Waals surface area (Å²) in [4.78, 5) is 14.1. The number of aromatic amines is 1. The topological polar surface area (TPSA) is 32.9 Å². The van der Waals surface area contributed by atoms with Gasteiger partial charge in [0.05, 0.1) is 10.9 Å². The molecule has 5 heteroatoms. The summed E-state index contributed by atoms with van der Waals surface area (Å²) in [5.74, 6) is -0.176. The number of allylic oxidation sites excluding steroid dienone is 1. The van der Waals surface area contributed by atoms with E-state index < -0.39 is 0 Å². The third kappa shape index (κ3) is 2.65. The summed E-state index contributed by atoms with van der Waals surface area (Å²) in [6.45, 7) is 0. The van der Waals surface area contributed by atoms with Crippen molar-refractivity contribution in [1.82, 2.24) is 4.98 Å². The molecule has 1 N–H and O–H groups in total. The van der Waals surface area contributed by atoms with Crippen LogP contribution in [0.3, 0.4) is 0 Å². The Kier molecular flexibility index (Phi) is 3.77. The first-order chi connectivity index (χ1) is 8.11. The molecule has 0 atom stereocenters. The molecule has 0 saturated heterocycles. The number of carbonyl (C=O) groups is 1. The number of benzene rings is 1. The molecule has 0 aliphatic heterocycles. The molecule has 2 aromatic rings. The normalized spacial score (nSPS) is 11.5. The Morgan fingerprint density at radius 1 is 1.35 bits per heavy atom. The lowest BCUT2D eigenvalue weighted by molar-refractivity contribution is -0.112. The van der Waals surface area contributed by atoms with Crippen molar-refractivity contribution < 1.29 is 4.79 Å². The lowest BCUT2D eigenvalue weighted by Crippen LogP contribution is -1.91. The Bertz CT molecular complexity index is 601. The van der Waals surface area contributed by atoms with Gasteiger partial charge in [0.25, 0.3) is 0 Å². The largest absolute Gasteiger partial charge is 0.360 e. The molecule has 0 aliphatic carbocycles. The van der Waals surface area contributed by atoms with E-state index in [4.69, 9.17) is 34.8 Å². The van der Waals surface area contributed by atoms with Crippen LogP contribution in [0, 0.1) is 0 Å². The number of hydrogen-bond donors (Lipinski definition) is 1. The predicted molar refractivity (Wildman–Crippen MR) is 73.1 cm³/mol. The Morgan fingerprint density at radius 2 is 2.12 bits per heavy atom. The molecule has 2 rings (SSSR count). The average molecular weight is 289 g/mol. The SMILES string of the molecule is O=C(/C=C/c1c[nH]c2cc(Cl)cc(Cl)c12)CCl. The van der Waals surface area contributed by atoms with Crippen LogP contribution in [0.25, 0.3) is 17.0 Å². The number of ketones is 1. The molecule has 1 aromatic carbocycles. The molecule has 17 heavy (non-hydrogen) atoms. The molecule has 0 fully saturated rings. The first kappa shape index (κ1) is 12.5. The van der Waals surface area contributed by atoms with E-state index in [-0.39, 0.29) is 11.7 Å². The Hall–Kier alpha value is -0.960. The van der Waals surface area contributed by atoms with Gasteiger partial charge in [0.15, 0.2) is 5.78 Å². The maximum absolute atomic E-state index is 11.1.